The molecule has 186 valence electrons. The van der Waals surface area contributed by atoms with Gasteiger partial charge in [0.2, 0.25) is 5.82 Å². The Morgan fingerprint density at radius 2 is 1.97 bits per heavy atom. The minimum absolute atomic E-state index is 0.153. The average molecular weight is 486 g/mol. The first kappa shape index (κ1) is 23.8. The maximum absolute atomic E-state index is 11.9. The third kappa shape index (κ3) is 4.63. The maximum atomic E-state index is 11.9. The van der Waals surface area contributed by atoms with E-state index in [0.29, 0.717) is 41.9 Å². The number of para-hydroxylation sites is 1. The first-order valence-electron chi connectivity index (χ1n) is 12.5. The predicted molar refractivity (Wildman–Crippen MR) is 140 cm³/mol. The topological polar surface area (TPSA) is 102 Å². The number of fused-ring (bicyclic) bond motifs is 1. The highest BCUT2D eigenvalue weighted by atomic mass is 16.5. The van der Waals surface area contributed by atoms with E-state index in [1.807, 2.05) is 56.3 Å². The summed E-state index contributed by atoms with van der Waals surface area (Å²) in [5.41, 5.74) is 4.07. The summed E-state index contributed by atoms with van der Waals surface area (Å²) in [5.74, 6) is 1.10. The van der Waals surface area contributed by atoms with Gasteiger partial charge in [0.25, 0.3) is 0 Å². The lowest BCUT2D eigenvalue weighted by molar-refractivity contribution is 0.0684. The van der Waals surface area contributed by atoms with Crippen LogP contribution in [0.1, 0.15) is 54.9 Å². The summed E-state index contributed by atoms with van der Waals surface area (Å²) in [5, 5.41) is 13.2. The highest BCUT2D eigenvalue weighted by molar-refractivity contribution is 5.92. The molecule has 36 heavy (non-hydrogen) atoms. The molecule has 0 aliphatic heterocycles. The Labute approximate surface area is 210 Å². The van der Waals surface area contributed by atoms with Crippen molar-refractivity contribution in [3.8, 4) is 17.1 Å². The van der Waals surface area contributed by atoms with Gasteiger partial charge in [-0.3, -0.25) is 0 Å². The number of ether oxygens (including phenoxy) is 1. The normalized spacial score (nSPS) is 14.4. The van der Waals surface area contributed by atoms with Crippen molar-refractivity contribution in [2.75, 3.05) is 11.9 Å². The van der Waals surface area contributed by atoms with Gasteiger partial charge in [-0.05, 0) is 51.7 Å². The van der Waals surface area contributed by atoms with Gasteiger partial charge in [-0.2, -0.15) is 0 Å². The molecule has 8 nitrogen and oxygen atoms in total. The standard InChI is InChI=1S/C28H31N5O3/c1-4-36-22-14-6-5-10-21(22)16-33-23-24(29-18(3)19-11-8-12-19)30-26(28(34)35)31-25(23)32-27(33)20-13-7-9-17(2)15-20/h5-7,9-10,13-15,18-19H,4,8,11-12,16H2,1-3H3,(H,34,35)(H,29,30,31). The van der Waals surface area contributed by atoms with Gasteiger partial charge in [-0.1, -0.05) is 48.4 Å². The number of rotatable bonds is 9. The molecule has 2 aromatic heterocycles. The molecule has 2 heterocycles. The summed E-state index contributed by atoms with van der Waals surface area (Å²) in [4.78, 5) is 25.5. The molecule has 1 fully saturated rings. The smallest absolute Gasteiger partial charge is 0.374 e. The van der Waals surface area contributed by atoms with Gasteiger partial charge < -0.3 is 19.7 Å². The number of nitrogens with one attached hydrogen (secondary N) is 1. The fourth-order valence-electron chi connectivity index (χ4n) is 4.77. The van der Waals surface area contributed by atoms with E-state index in [0.717, 1.165) is 35.3 Å². The summed E-state index contributed by atoms with van der Waals surface area (Å²) < 4.78 is 7.98. The van der Waals surface area contributed by atoms with Gasteiger partial charge >= 0.3 is 5.97 Å². The molecule has 2 aromatic carbocycles. The number of hydrogen-bond donors (Lipinski definition) is 2. The molecule has 8 heteroatoms. The zero-order valence-corrected chi connectivity index (χ0v) is 20.9. The minimum Gasteiger partial charge on any atom is -0.494 e. The molecule has 1 atom stereocenters. The summed E-state index contributed by atoms with van der Waals surface area (Å²) >= 11 is 0. The number of benzene rings is 2. The molecule has 0 amide bonds. The van der Waals surface area contributed by atoms with Crippen molar-refractivity contribution in [1.29, 1.82) is 0 Å². The van der Waals surface area contributed by atoms with E-state index in [2.05, 4.69) is 32.8 Å². The van der Waals surface area contributed by atoms with Crippen molar-refractivity contribution in [1.82, 2.24) is 19.5 Å². The fraction of sp³-hybridized carbons (Fsp3) is 0.357. The van der Waals surface area contributed by atoms with E-state index in [9.17, 15) is 9.90 Å². The van der Waals surface area contributed by atoms with Crippen LogP contribution in [0.15, 0.2) is 48.5 Å². The molecule has 0 radical (unpaired) electrons. The van der Waals surface area contributed by atoms with Gasteiger partial charge in [0, 0.05) is 17.2 Å². The average Bonchev–Trinajstić information content (AvgIpc) is 3.18. The van der Waals surface area contributed by atoms with Crippen LogP contribution in [-0.2, 0) is 6.54 Å². The zero-order chi connectivity index (χ0) is 25.2. The quantitative estimate of drug-likeness (QED) is 0.320. The third-order valence-electron chi connectivity index (χ3n) is 6.89. The number of anilines is 1. The van der Waals surface area contributed by atoms with Crippen molar-refractivity contribution in [2.45, 2.75) is 52.6 Å². The second-order valence-electron chi connectivity index (χ2n) is 9.43. The number of carboxylic acid groups (broad SMARTS) is 1. The highest BCUT2D eigenvalue weighted by Gasteiger charge is 2.27. The molecule has 1 unspecified atom stereocenters. The van der Waals surface area contributed by atoms with E-state index in [4.69, 9.17) is 9.72 Å². The van der Waals surface area contributed by atoms with Gasteiger partial charge in [0.15, 0.2) is 11.5 Å². The van der Waals surface area contributed by atoms with Crippen LogP contribution in [0.3, 0.4) is 0 Å². The second kappa shape index (κ2) is 9.97. The van der Waals surface area contributed by atoms with Crippen LogP contribution in [0.25, 0.3) is 22.6 Å². The molecule has 1 saturated carbocycles. The van der Waals surface area contributed by atoms with Crippen molar-refractivity contribution < 1.29 is 14.6 Å². The molecular weight excluding hydrogens is 454 g/mol. The summed E-state index contributed by atoms with van der Waals surface area (Å²) in [6, 6.07) is 16.2. The molecule has 1 aliphatic carbocycles. The van der Waals surface area contributed by atoms with Crippen LogP contribution in [0.2, 0.25) is 0 Å². The first-order chi connectivity index (χ1) is 17.4. The van der Waals surface area contributed by atoms with Crippen LogP contribution in [0, 0.1) is 12.8 Å². The number of hydrogen-bond acceptors (Lipinski definition) is 6. The van der Waals surface area contributed by atoms with Gasteiger partial charge in [-0.25, -0.2) is 19.7 Å². The van der Waals surface area contributed by atoms with Crippen LogP contribution < -0.4 is 10.1 Å². The number of carboxylic acids is 1. The SMILES string of the molecule is CCOc1ccccc1Cn1c(-c2cccc(C)c2)nc2nc(C(=O)O)nc(NC(C)C3CCC3)c21. The van der Waals surface area contributed by atoms with E-state index in [1.54, 1.807) is 0 Å². The Bertz CT molecular complexity index is 1410. The summed E-state index contributed by atoms with van der Waals surface area (Å²) in [6.07, 6.45) is 3.54. The van der Waals surface area contributed by atoms with Crippen LogP contribution in [0.4, 0.5) is 5.82 Å². The van der Waals surface area contributed by atoms with E-state index in [1.165, 1.54) is 6.42 Å². The Hall–Kier alpha value is -3.94. The Morgan fingerprint density at radius 3 is 2.67 bits per heavy atom. The Balaban J connectivity index is 1.72. The molecule has 5 rings (SSSR count). The lowest BCUT2D eigenvalue weighted by atomic mass is 9.80. The Kier molecular flexibility index (Phi) is 6.59. The number of aromatic carboxylic acids is 1. The van der Waals surface area contributed by atoms with Crippen molar-refractivity contribution >= 4 is 23.0 Å². The maximum Gasteiger partial charge on any atom is 0.374 e. The molecule has 1 aliphatic rings. The Morgan fingerprint density at radius 1 is 1.17 bits per heavy atom. The number of aromatic nitrogens is 4. The molecule has 2 N–H and O–H groups in total. The molecule has 0 spiro atoms. The molecular formula is C28H31N5O3. The summed E-state index contributed by atoms with van der Waals surface area (Å²) in [6.45, 7) is 7.16. The van der Waals surface area contributed by atoms with Crippen molar-refractivity contribution in [3.63, 3.8) is 0 Å². The van der Waals surface area contributed by atoms with E-state index < -0.39 is 5.97 Å². The predicted octanol–water partition coefficient (Wildman–Crippen LogP) is 5.55. The lowest BCUT2D eigenvalue weighted by Crippen LogP contribution is -2.31. The first-order valence-corrected chi connectivity index (χ1v) is 12.5. The van der Waals surface area contributed by atoms with Gasteiger partial charge in [0.1, 0.15) is 17.1 Å². The molecule has 4 aromatic rings. The van der Waals surface area contributed by atoms with Gasteiger partial charge in [0.05, 0.1) is 13.2 Å². The monoisotopic (exact) mass is 485 g/mol. The number of nitrogens with zero attached hydrogens (tertiary/aromatic N) is 4. The van der Waals surface area contributed by atoms with E-state index in [-0.39, 0.29) is 11.9 Å². The number of imidazole rings is 1. The largest absolute Gasteiger partial charge is 0.494 e. The van der Waals surface area contributed by atoms with Crippen LogP contribution >= 0.6 is 0 Å². The fourth-order valence-corrected chi connectivity index (χ4v) is 4.77. The second-order valence-corrected chi connectivity index (χ2v) is 9.43. The number of aryl methyl sites for hydroxylation is 1. The highest BCUT2D eigenvalue weighted by Crippen LogP contribution is 2.34. The van der Waals surface area contributed by atoms with Gasteiger partial charge in [-0.15, -0.1) is 0 Å². The van der Waals surface area contributed by atoms with Crippen LogP contribution in [0.5, 0.6) is 5.75 Å². The summed E-state index contributed by atoms with van der Waals surface area (Å²) in [7, 11) is 0. The zero-order valence-electron chi connectivity index (χ0n) is 20.9. The number of carbonyl (C=O) groups is 1. The lowest BCUT2D eigenvalue weighted by Gasteiger charge is -2.32. The van der Waals surface area contributed by atoms with E-state index >= 15 is 0 Å². The molecule has 0 bridgehead atoms. The van der Waals surface area contributed by atoms with Crippen molar-refractivity contribution in [3.05, 3.63) is 65.5 Å². The third-order valence-corrected chi connectivity index (χ3v) is 6.89. The minimum atomic E-state index is -1.18. The van der Waals surface area contributed by atoms with Crippen LogP contribution in [-0.4, -0.2) is 43.2 Å². The van der Waals surface area contributed by atoms with Crippen molar-refractivity contribution in [2.24, 2.45) is 5.92 Å². The molecule has 0 saturated heterocycles.